The van der Waals surface area contributed by atoms with Gasteiger partial charge in [0.05, 0.1) is 19.7 Å². The molecule has 3 heterocycles. The third-order valence-corrected chi connectivity index (χ3v) is 6.71. The molecule has 0 spiro atoms. The Hall–Kier alpha value is -3.49. The quantitative estimate of drug-likeness (QED) is 0.423. The second-order valence-electron chi connectivity index (χ2n) is 8.62. The Balaban J connectivity index is 1.51. The van der Waals surface area contributed by atoms with Crippen LogP contribution in [0.15, 0.2) is 36.4 Å². The molecule has 34 heavy (non-hydrogen) atoms. The molecule has 2 aliphatic rings. The van der Waals surface area contributed by atoms with Gasteiger partial charge in [-0.05, 0) is 35.0 Å². The Morgan fingerprint density at radius 1 is 0.912 bits per heavy atom. The summed E-state index contributed by atoms with van der Waals surface area (Å²) in [6.07, 6.45) is 0. The minimum absolute atomic E-state index is 0.246. The number of fused-ring (bicyclic) bond motifs is 6. The maximum Gasteiger partial charge on any atom is 0.231 e. The SMILES string of the molecule is COc1cc2c(NCCN3CCNCC3)nc3c4cc5c(cc4ccc3c2cc1OC)OCO5. The number of nitrogens with one attached hydrogen (secondary N) is 2. The maximum absolute atomic E-state index is 5.66. The standard InChI is InChI=1S/C26H28N4O4/c1-31-21-13-19-17-4-3-16-11-23-24(34-15-33-23)12-18(16)25(17)29-26(20(19)14-22(21)32-2)28-7-10-30-8-5-27-6-9-30/h3-4,11-14,27H,5-10,15H2,1-2H3,(H,28,29). The van der Waals surface area contributed by atoms with E-state index in [0.717, 1.165) is 89.0 Å². The van der Waals surface area contributed by atoms with Crippen molar-refractivity contribution in [1.82, 2.24) is 15.2 Å². The Morgan fingerprint density at radius 3 is 2.41 bits per heavy atom. The molecule has 1 saturated heterocycles. The number of hydrogen-bond donors (Lipinski definition) is 2. The molecule has 0 atom stereocenters. The molecule has 3 aromatic carbocycles. The highest BCUT2D eigenvalue weighted by molar-refractivity contribution is 6.18. The van der Waals surface area contributed by atoms with Gasteiger partial charge in [-0.3, -0.25) is 4.90 Å². The molecular formula is C26H28N4O4. The summed E-state index contributed by atoms with van der Waals surface area (Å²) in [5.74, 6) is 3.74. The molecule has 4 aromatic rings. The molecule has 8 nitrogen and oxygen atoms in total. The van der Waals surface area contributed by atoms with E-state index in [1.807, 2.05) is 24.3 Å². The van der Waals surface area contributed by atoms with E-state index in [4.69, 9.17) is 23.9 Å². The van der Waals surface area contributed by atoms with E-state index in [0.29, 0.717) is 11.5 Å². The van der Waals surface area contributed by atoms with E-state index < -0.39 is 0 Å². The van der Waals surface area contributed by atoms with Crippen LogP contribution in [0.25, 0.3) is 32.4 Å². The summed E-state index contributed by atoms with van der Waals surface area (Å²) >= 11 is 0. The van der Waals surface area contributed by atoms with Gasteiger partial charge in [0.25, 0.3) is 0 Å². The number of rotatable bonds is 6. The van der Waals surface area contributed by atoms with Crippen LogP contribution in [0, 0.1) is 0 Å². The monoisotopic (exact) mass is 460 g/mol. The Bertz CT molecular complexity index is 1380. The normalized spacial score (nSPS) is 15.8. The maximum atomic E-state index is 5.66. The van der Waals surface area contributed by atoms with Crippen molar-refractivity contribution in [3.63, 3.8) is 0 Å². The first kappa shape index (κ1) is 21.1. The van der Waals surface area contributed by atoms with Crippen molar-refractivity contribution in [3.8, 4) is 23.0 Å². The molecule has 1 aromatic heterocycles. The van der Waals surface area contributed by atoms with E-state index in [9.17, 15) is 0 Å². The first-order valence-corrected chi connectivity index (χ1v) is 11.6. The molecule has 0 saturated carbocycles. The van der Waals surface area contributed by atoms with E-state index in [1.165, 1.54) is 0 Å². The van der Waals surface area contributed by atoms with Gasteiger partial charge < -0.3 is 29.6 Å². The van der Waals surface area contributed by atoms with Crippen molar-refractivity contribution >= 4 is 38.3 Å². The van der Waals surface area contributed by atoms with Gasteiger partial charge >= 0.3 is 0 Å². The van der Waals surface area contributed by atoms with E-state index in [2.05, 4.69) is 27.7 Å². The molecule has 2 N–H and O–H groups in total. The summed E-state index contributed by atoms with van der Waals surface area (Å²) < 4.78 is 22.5. The fourth-order valence-corrected chi connectivity index (χ4v) is 4.91. The molecule has 8 heteroatoms. The zero-order valence-corrected chi connectivity index (χ0v) is 19.4. The second kappa shape index (κ2) is 8.70. The van der Waals surface area contributed by atoms with Crippen LogP contribution in [-0.2, 0) is 0 Å². The van der Waals surface area contributed by atoms with Crippen LogP contribution in [0.5, 0.6) is 23.0 Å². The summed E-state index contributed by atoms with van der Waals surface area (Å²) in [6, 6.07) is 12.3. The van der Waals surface area contributed by atoms with Crippen molar-refractivity contribution in [2.75, 3.05) is 65.6 Å². The summed E-state index contributed by atoms with van der Waals surface area (Å²) in [7, 11) is 3.32. The molecule has 176 valence electrons. The zero-order chi connectivity index (χ0) is 23.1. The number of piperazine rings is 1. The second-order valence-corrected chi connectivity index (χ2v) is 8.62. The number of pyridine rings is 1. The minimum atomic E-state index is 0.246. The molecule has 2 aliphatic heterocycles. The Labute approximate surface area is 197 Å². The molecule has 6 rings (SSSR count). The number of benzene rings is 3. The summed E-state index contributed by atoms with van der Waals surface area (Å²) in [5.41, 5.74) is 0.917. The average molecular weight is 461 g/mol. The molecule has 0 aliphatic carbocycles. The van der Waals surface area contributed by atoms with Crippen LogP contribution >= 0.6 is 0 Å². The molecular weight excluding hydrogens is 432 g/mol. The van der Waals surface area contributed by atoms with Crippen LogP contribution in [0.1, 0.15) is 0 Å². The fourth-order valence-electron chi connectivity index (χ4n) is 4.91. The van der Waals surface area contributed by atoms with Crippen molar-refractivity contribution in [1.29, 1.82) is 0 Å². The highest BCUT2D eigenvalue weighted by Crippen LogP contribution is 2.42. The van der Waals surface area contributed by atoms with Gasteiger partial charge in [-0.2, -0.15) is 0 Å². The zero-order valence-electron chi connectivity index (χ0n) is 19.4. The molecule has 0 unspecified atom stereocenters. The number of ether oxygens (including phenoxy) is 4. The predicted molar refractivity (Wildman–Crippen MR) is 134 cm³/mol. The Kier molecular flexibility index (Phi) is 5.39. The summed E-state index contributed by atoms with van der Waals surface area (Å²) in [6.45, 7) is 6.22. The first-order chi connectivity index (χ1) is 16.7. The van der Waals surface area contributed by atoms with E-state index >= 15 is 0 Å². The summed E-state index contributed by atoms with van der Waals surface area (Å²) in [4.78, 5) is 7.60. The van der Waals surface area contributed by atoms with Gasteiger partial charge in [0, 0.05) is 55.4 Å². The van der Waals surface area contributed by atoms with Gasteiger partial charge in [0.15, 0.2) is 23.0 Å². The van der Waals surface area contributed by atoms with Crippen molar-refractivity contribution in [2.45, 2.75) is 0 Å². The largest absolute Gasteiger partial charge is 0.493 e. The van der Waals surface area contributed by atoms with Gasteiger partial charge in [-0.25, -0.2) is 4.98 Å². The van der Waals surface area contributed by atoms with Crippen molar-refractivity contribution < 1.29 is 18.9 Å². The lowest BCUT2D eigenvalue weighted by Crippen LogP contribution is -2.45. The van der Waals surface area contributed by atoms with Gasteiger partial charge in [0.2, 0.25) is 6.79 Å². The van der Waals surface area contributed by atoms with Crippen LogP contribution < -0.4 is 29.6 Å². The van der Waals surface area contributed by atoms with Crippen LogP contribution in [0.4, 0.5) is 5.82 Å². The smallest absolute Gasteiger partial charge is 0.231 e. The van der Waals surface area contributed by atoms with Crippen LogP contribution in [0.3, 0.4) is 0 Å². The molecule has 0 bridgehead atoms. The third kappa shape index (κ3) is 3.59. The van der Waals surface area contributed by atoms with Crippen LogP contribution in [-0.4, -0.2) is 70.2 Å². The van der Waals surface area contributed by atoms with E-state index in [1.54, 1.807) is 14.2 Å². The van der Waals surface area contributed by atoms with Crippen molar-refractivity contribution in [3.05, 3.63) is 36.4 Å². The predicted octanol–water partition coefficient (Wildman–Crippen LogP) is 3.60. The number of nitrogens with zero attached hydrogens (tertiary/aromatic N) is 2. The Morgan fingerprint density at radius 2 is 1.65 bits per heavy atom. The van der Waals surface area contributed by atoms with Crippen LogP contribution in [0.2, 0.25) is 0 Å². The number of methoxy groups -OCH3 is 2. The number of hydrogen-bond acceptors (Lipinski definition) is 8. The fraction of sp³-hybridized carbons (Fsp3) is 0.346. The number of aromatic nitrogens is 1. The summed E-state index contributed by atoms with van der Waals surface area (Å²) in [5, 5.41) is 12.2. The van der Waals surface area contributed by atoms with Gasteiger partial charge in [-0.15, -0.1) is 0 Å². The third-order valence-electron chi connectivity index (χ3n) is 6.71. The average Bonchev–Trinajstić information content (AvgIpc) is 3.34. The minimum Gasteiger partial charge on any atom is -0.493 e. The highest BCUT2D eigenvalue weighted by atomic mass is 16.7. The lowest BCUT2D eigenvalue weighted by atomic mass is 10.00. The lowest BCUT2D eigenvalue weighted by Gasteiger charge is -2.27. The highest BCUT2D eigenvalue weighted by Gasteiger charge is 2.19. The first-order valence-electron chi connectivity index (χ1n) is 11.6. The topological polar surface area (TPSA) is 77.1 Å². The van der Waals surface area contributed by atoms with E-state index in [-0.39, 0.29) is 6.79 Å². The molecule has 0 amide bonds. The van der Waals surface area contributed by atoms with Gasteiger partial charge in [-0.1, -0.05) is 12.1 Å². The molecule has 0 radical (unpaired) electrons. The van der Waals surface area contributed by atoms with Gasteiger partial charge in [0.1, 0.15) is 5.82 Å². The lowest BCUT2D eigenvalue weighted by molar-refractivity contribution is 0.174. The van der Waals surface area contributed by atoms with Crippen molar-refractivity contribution in [2.24, 2.45) is 0 Å². The number of anilines is 1. The molecule has 1 fully saturated rings.